The summed E-state index contributed by atoms with van der Waals surface area (Å²) < 4.78 is 21.0. The van der Waals surface area contributed by atoms with E-state index in [2.05, 4.69) is 42.4 Å². The molecule has 0 spiro atoms. The Hall–Kier alpha value is -4.52. The number of carbonyl (C=O) groups is 1. The summed E-state index contributed by atoms with van der Waals surface area (Å²) in [5.74, 6) is 0.891. The Morgan fingerprint density at radius 1 is 0.933 bits per heavy atom. The smallest absolute Gasteiger partial charge is 0.231 e. The number of unbranched alkanes of at least 4 members (excludes halogenated alkanes) is 2. The number of aliphatic hydroxyl groups is 2. The standard InChI is InChI=1S/C49H56N2O7S2/c1-4-28-55-49-46(60-40-21-16-36(17-22-40)50-33(2)54)31-44(51-56-32-34-12-6-5-7-13-34)42-29-35(14-8-10-26-52)41(15-9-11-27-53)47(48(42)49)43-30-38(20-25-45(43)58-49)57-37-18-23-39(59-3)24-19-37/h4-7,12-13,16-25,29-30,35,41,46-48,52-53H,1,8-11,14-15,26-28,31-32H2,2-3H3,(H,50,54)/t35-,41+,46-,47+,48+,49+/m0/s1. The number of anilines is 1. The fourth-order valence-corrected chi connectivity index (χ4v) is 10.7. The number of benzene rings is 4. The first-order valence-corrected chi connectivity index (χ1v) is 23.1. The summed E-state index contributed by atoms with van der Waals surface area (Å²) in [4.78, 5) is 20.2. The highest BCUT2D eigenvalue weighted by atomic mass is 32.2. The van der Waals surface area contributed by atoms with Gasteiger partial charge in [0.25, 0.3) is 0 Å². The topological polar surface area (TPSA) is 119 Å². The van der Waals surface area contributed by atoms with E-state index in [-0.39, 0.29) is 54.6 Å². The summed E-state index contributed by atoms with van der Waals surface area (Å²) in [6.07, 6.45) is 11.7. The van der Waals surface area contributed by atoms with Crippen LogP contribution in [0.4, 0.5) is 5.69 Å². The summed E-state index contributed by atoms with van der Waals surface area (Å²) in [5.41, 5.74) is 4.73. The number of ether oxygens (including phenoxy) is 3. The van der Waals surface area contributed by atoms with Crippen LogP contribution in [0.25, 0.3) is 0 Å². The number of amides is 1. The molecule has 3 aliphatic rings. The third-order valence-electron chi connectivity index (χ3n) is 11.6. The molecule has 0 radical (unpaired) electrons. The monoisotopic (exact) mass is 848 g/mol. The number of nitrogens with one attached hydrogen (secondary N) is 1. The van der Waals surface area contributed by atoms with Crippen molar-refractivity contribution in [1.29, 1.82) is 0 Å². The van der Waals surface area contributed by atoms with Crippen LogP contribution < -0.4 is 14.8 Å². The van der Waals surface area contributed by atoms with Crippen LogP contribution in [-0.2, 0) is 21.0 Å². The molecule has 4 aromatic rings. The Kier molecular flexibility index (Phi) is 15.1. The molecule has 9 nitrogen and oxygen atoms in total. The van der Waals surface area contributed by atoms with Crippen molar-refractivity contribution in [3.63, 3.8) is 0 Å². The summed E-state index contributed by atoms with van der Waals surface area (Å²) in [6.45, 7) is 6.43. The zero-order valence-corrected chi connectivity index (χ0v) is 36.1. The number of hydrogen-bond donors (Lipinski definition) is 3. The van der Waals surface area contributed by atoms with Gasteiger partial charge in [0, 0.05) is 53.5 Å². The van der Waals surface area contributed by atoms with Gasteiger partial charge in [0.05, 0.1) is 23.5 Å². The van der Waals surface area contributed by atoms with Gasteiger partial charge < -0.3 is 34.6 Å². The van der Waals surface area contributed by atoms with E-state index >= 15 is 0 Å². The number of nitrogens with zero attached hydrogens (tertiary/aromatic N) is 1. The van der Waals surface area contributed by atoms with E-state index in [1.54, 1.807) is 29.6 Å². The number of oxime groups is 1. The van der Waals surface area contributed by atoms with Crippen molar-refractivity contribution in [2.45, 2.75) is 85.2 Å². The van der Waals surface area contributed by atoms with Gasteiger partial charge in [-0.25, -0.2) is 0 Å². The van der Waals surface area contributed by atoms with Gasteiger partial charge >= 0.3 is 0 Å². The first-order chi connectivity index (χ1) is 29.3. The molecular weight excluding hydrogens is 793 g/mol. The second kappa shape index (κ2) is 20.8. The molecule has 1 amide bonds. The highest BCUT2D eigenvalue weighted by Crippen LogP contribution is 2.63. The van der Waals surface area contributed by atoms with Crippen LogP contribution in [0.1, 0.15) is 68.9 Å². The minimum Gasteiger partial charge on any atom is -0.460 e. The largest absolute Gasteiger partial charge is 0.460 e. The van der Waals surface area contributed by atoms with E-state index in [9.17, 15) is 15.0 Å². The molecule has 2 aliphatic carbocycles. The van der Waals surface area contributed by atoms with Crippen LogP contribution in [0.2, 0.25) is 0 Å². The maximum atomic E-state index is 11.8. The van der Waals surface area contributed by atoms with Crippen molar-refractivity contribution in [3.8, 4) is 17.2 Å². The summed E-state index contributed by atoms with van der Waals surface area (Å²) >= 11 is 3.36. The molecule has 11 heteroatoms. The quantitative estimate of drug-likeness (QED) is 0.0346. The highest BCUT2D eigenvalue weighted by molar-refractivity contribution is 8.00. The molecule has 1 aliphatic heterocycles. The Labute approximate surface area is 362 Å². The van der Waals surface area contributed by atoms with Crippen LogP contribution in [0.15, 0.2) is 136 Å². The highest BCUT2D eigenvalue weighted by Gasteiger charge is 2.64. The number of allylic oxidation sites excluding steroid dienone is 1. The van der Waals surface area contributed by atoms with Crippen molar-refractivity contribution in [1.82, 2.24) is 0 Å². The third kappa shape index (κ3) is 10.1. The molecule has 0 aromatic heterocycles. The Morgan fingerprint density at radius 2 is 1.65 bits per heavy atom. The fraction of sp³-hybridized carbons (Fsp3) is 0.388. The van der Waals surface area contributed by atoms with Crippen LogP contribution in [0.5, 0.6) is 17.2 Å². The number of carbonyl (C=O) groups excluding carboxylic acids is 1. The maximum absolute atomic E-state index is 11.8. The van der Waals surface area contributed by atoms with Crippen molar-refractivity contribution >= 4 is 40.8 Å². The molecule has 6 atom stereocenters. The second-order valence-electron chi connectivity index (χ2n) is 15.6. The van der Waals surface area contributed by atoms with Crippen molar-refractivity contribution in [2.75, 3.05) is 31.4 Å². The summed E-state index contributed by atoms with van der Waals surface area (Å²) in [7, 11) is 0. The molecule has 7 rings (SSSR count). The van der Waals surface area contributed by atoms with Crippen LogP contribution in [-0.4, -0.2) is 58.9 Å². The van der Waals surface area contributed by atoms with Crippen LogP contribution in [0, 0.1) is 17.8 Å². The van der Waals surface area contributed by atoms with Gasteiger partial charge in [-0.3, -0.25) is 4.79 Å². The van der Waals surface area contributed by atoms with Crippen LogP contribution in [0.3, 0.4) is 0 Å². The molecule has 60 heavy (non-hydrogen) atoms. The summed E-state index contributed by atoms with van der Waals surface area (Å²) in [6, 6.07) is 32.2. The summed E-state index contributed by atoms with van der Waals surface area (Å²) in [5, 5.41) is 27.4. The first kappa shape index (κ1) is 43.6. The number of rotatable bonds is 20. The molecule has 0 unspecified atom stereocenters. The molecule has 316 valence electrons. The van der Waals surface area contributed by atoms with E-state index < -0.39 is 5.79 Å². The van der Waals surface area contributed by atoms with Gasteiger partial charge in [-0.15, -0.1) is 30.1 Å². The molecule has 0 bridgehead atoms. The van der Waals surface area contributed by atoms with Crippen molar-refractivity contribution in [3.05, 3.63) is 132 Å². The Bertz CT molecular complexity index is 2110. The normalized spacial score (nSPS) is 23.4. The van der Waals surface area contributed by atoms with Gasteiger partial charge in [0.1, 0.15) is 23.9 Å². The molecule has 0 saturated heterocycles. The average Bonchev–Trinajstić information content (AvgIpc) is 3.26. The number of fused-ring (bicyclic) bond motifs is 2. The number of hydrogen-bond acceptors (Lipinski definition) is 10. The Balaban J connectivity index is 1.38. The third-order valence-corrected chi connectivity index (χ3v) is 13.7. The van der Waals surface area contributed by atoms with E-state index in [1.165, 1.54) is 6.92 Å². The molecule has 4 aromatic carbocycles. The van der Waals surface area contributed by atoms with E-state index in [1.807, 2.05) is 78.9 Å². The van der Waals surface area contributed by atoms with Crippen molar-refractivity contribution in [2.24, 2.45) is 22.9 Å². The zero-order chi connectivity index (χ0) is 41.9. The first-order valence-electron chi connectivity index (χ1n) is 21.0. The van der Waals surface area contributed by atoms with Gasteiger partial charge in [-0.1, -0.05) is 60.5 Å². The lowest BCUT2D eigenvalue weighted by Gasteiger charge is -2.58. The molecule has 1 fully saturated rings. The van der Waals surface area contributed by atoms with E-state index in [0.29, 0.717) is 19.4 Å². The fourth-order valence-electron chi connectivity index (χ4n) is 9.01. The Morgan fingerprint density at radius 3 is 2.35 bits per heavy atom. The minimum atomic E-state index is -1.14. The lowest BCUT2D eigenvalue weighted by Crippen LogP contribution is -2.64. The van der Waals surface area contributed by atoms with E-state index in [0.717, 1.165) is 87.2 Å². The SMILES string of the molecule is C=CCO[C@@]12Oc3ccc(Oc4ccc(SC)cc4)cc3[C@H]3[C@H](CCCCO)[C@@H](CCCCO)C=C(C(=NOCc4ccccc4)C[C@@H]1Sc1ccc(NC(C)=O)cc1)[C@H]32. The molecule has 1 heterocycles. The van der Waals surface area contributed by atoms with Gasteiger partial charge in [-0.05, 0) is 122 Å². The minimum absolute atomic E-state index is 0.0799. The second-order valence-corrected chi connectivity index (χ2v) is 17.8. The molecule has 3 N–H and O–H groups in total. The lowest BCUT2D eigenvalue weighted by atomic mass is 9.56. The predicted octanol–water partition coefficient (Wildman–Crippen LogP) is 10.8. The van der Waals surface area contributed by atoms with Gasteiger partial charge in [-0.2, -0.15) is 0 Å². The molecule has 1 saturated carbocycles. The van der Waals surface area contributed by atoms with Gasteiger partial charge in [0.2, 0.25) is 11.7 Å². The lowest BCUT2D eigenvalue weighted by molar-refractivity contribution is -0.223. The van der Waals surface area contributed by atoms with Crippen molar-refractivity contribution < 1.29 is 34.1 Å². The average molecular weight is 849 g/mol. The predicted molar refractivity (Wildman–Crippen MR) is 241 cm³/mol. The van der Waals surface area contributed by atoms with Crippen LogP contribution >= 0.6 is 23.5 Å². The zero-order valence-electron chi connectivity index (χ0n) is 34.5. The van der Waals surface area contributed by atoms with Gasteiger partial charge in [0.15, 0.2) is 0 Å². The van der Waals surface area contributed by atoms with E-state index in [4.69, 9.17) is 24.2 Å². The number of aliphatic hydroxyl groups excluding tert-OH is 2. The molecular formula is C49H56N2O7S2. The maximum Gasteiger partial charge on any atom is 0.231 e. The number of thioether (sulfide) groups is 2.